The van der Waals surface area contributed by atoms with Crippen LogP contribution in [0.3, 0.4) is 0 Å². The zero-order valence-corrected chi connectivity index (χ0v) is 14.1. The van der Waals surface area contributed by atoms with Crippen LogP contribution in [-0.2, 0) is 9.53 Å². The minimum absolute atomic E-state index is 0.318. The quantitative estimate of drug-likeness (QED) is 0.823. The van der Waals surface area contributed by atoms with Gasteiger partial charge in [0.1, 0.15) is 5.60 Å². The molecular weight excluding hydrogens is 326 g/mol. The fourth-order valence-corrected chi connectivity index (χ4v) is 3.39. The molecule has 5 heteroatoms. The van der Waals surface area contributed by atoms with Gasteiger partial charge in [0.05, 0.1) is 3.79 Å². The smallest absolute Gasteiger partial charge is 0.293 e. The summed E-state index contributed by atoms with van der Waals surface area (Å²) in [5.74, 6) is 0.808. The third kappa shape index (κ3) is 7.09. The number of ether oxygens (including phenoxy) is 1. The molecular formula is C14H22BrNO2S. The molecule has 0 aliphatic carbocycles. The van der Waals surface area contributed by atoms with Crippen molar-refractivity contribution in [1.29, 1.82) is 0 Å². The van der Waals surface area contributed by atoms with Gasteiger partial charge in [-0.3, -0.25) is 4.79 Å². The van der Waals surface area contributed by atoms with Crippen molar-refractivity contribution >= 4 is 33.7 Å². The maximum Gasteiger partial charge on any atom is 0.293 e. The van der Waals surface area contributed by atoms with Crippen molar-refractivity contribution in [2.24, 2.45) is 0 Å². The molecule has 19 heavy (non-hydrogen) atoms. The number of hydrogen-bond donors (Lipinski definition) is 1. The Morgan fingerprint density at radius 3 is 2.37 bits per heavy atom. The fourth-order valence-electron chi connectivity index (χ4n) is 1.80. The summed E-state index contributed by atoms with van der Waals surface area (Å²) in [4.78, 5) is 11.1. The molecule has 1 aromatic heterocycles. The summed E-state index contributed by atoms with van der Waals surface area (Å²) in [5, 5.41) is 3.38. The van der Waals surface area contributed by atoms with Gasteiger partial charge >= 0.3 is 0 Å². The van der Waals surface area contributed by atoms with E-state index in [4.69, 9.17) is 0 Å². The number of thiophene rings is 1. The standard InChI is InChI=1S/C9H12BrNS.C5H10O2/c10-9-2-1-8(12-9)7-3-5-11-6-4-7;1-5(2,3)7-4-6/h1-2,7,11H,3-6H2;4H,1-3H3. The highest BCUT2D eigenvalue weighted by Crippen LogP contribution is 2.33. The largest absolute Gasteiger partial charge is 0.462 e. The van der Waals surface area contributed by atoms with Crippen molar-refractivity contribution in [2.45, 2.75) is 45.1 Å². The SMILES string of the molecule is Brc1ccc(C2CCNCC2)s1.CC(C)(C)OC=O. The molecule has 1 aliphatic rings. The van der Waals surface area contributed by atoms with Crippen LogP contribution in [0.15, 0.2) is 15.9 Å². The molecule has 0 saturated carbocycles. The summed E-state index contributed by atoms with van der Waals surface area (Å²) in [5.41, 5.74) is -0.318. The van der Waals surface area contributed by atoms with Gasteiger partial charge in [-0.15, -0.1) is 11.3 Å². The fraction of sp³-hybridized carbons (Fsp3) is 0.643. The molecule has 0 atom stereocenters. The summed E-state index contributed by atoms with van der Waals surface area (Å²) in [6, 6.07) is 4.41. The lowest BCUT2D eigenvalue weighted by Crippen LogP contribution is -2.26. The molecule has 2 rings (SSSR count). The molecule has 3 nitrogen and oxygen atoms in total. The Kier molecular flexibility index (Phi) is 7.04. The minimum atomic E-state index is -0.318. The second-order valence-corrected chi connectivity index (χ2v) is 7.99. The highest BCUT2D eigenvalue weighted by molar-refractivity contribution is 9.11. The molecule has 0 bridgehead atoms. The molecule has 0 amide bonds. The van der Waals surface area contributed by atoms with Gasteiger partial charge in [-0.05, 0) is 80.7 Å². The van der Waals surface area contributed by atoms with E-state index < -0.39 is 0 Å². The predicted molar refractivity (Wildman–Crippen MR) is 83.8 cm³/mol. The number of rotatable bonds is 2. The molecule has 1 saturated heterocycles. The van der Waals surface area contributed by atoms with Gasteiger partial charge in [0, 0.05) is 4.88 Å². The number of halogens is 1. The molecule has 0 aromatic carbocycles. The van der Waals surface area contributed by atoms with Crippen LogP contribution in [-0.4, -0.2) is 25.2 Å². The van der Waals surface area contributed by atoms with E-state index in [1.807, 2.05) is 32.1 Å². The van der Waals surface area contributed by atoms with Crippen LogP contribution in [0, 0.1) is 0 Å². The van der Waals surface area contributed by atoms with E-state index in [0.29, 0.717) is 6.47 Å². The van der Waals surface area contributed by atoms with Crippen LogP contribution in [0.1, 0.15) is 44.4 Å². The van der Waals surface area contributed by atoms with Crippen molar-refractivity contribution in [3.8, 4) is 0 Å². The Labute approximate surface area is 127 Å². The van der Waals surface area contributed by atoms with Crippen LogP contribution < -0.4 is 5.32 Å². The maximum atomic E-state index is 9.60. The van der Waals surface area contributed by atoms with Crippen molar-refractivity contribution in [1.82, 2.24) is 5.32 Å². The van der Waals surface area contributed by atoms with E-state index in [0.717, 1.165) is 5.92 Å². The van der Waals surface area contributed by atoms with Gasteiger partial charge in [-0.25, -0.2) is 0 Å². The van der Waals surface area contributed by atoms with E-state index >= 15 is 0 Å². The normalized spacial score (nSPS) is 16.4. The summed E-state index contributed by atoms with van der Waals surface area (Å²) in [7, 11) is 0. The average molecular weight is 348 g/mol. The number of hydrogen-bond acceptors (Lipinski definition) is 4. The first-order valence-corrected chi connectivity index (χ1v) is 8.11. The molecule has 2 heterocycles. The summed E-state index contributed by atoms with van der Waals surface area (Å²) < 4.78 is 5.81. The Bertz CT molecular complexity index is 381. The second kappa shape index (κ2) is 8.02. The first kappa shape index (κ1) is 16.7. The van der Waals surface area contributed by atoms with E-state index in [2.05, 4.69) is 38.1 Å². The molecule has 1 fully saturated rings. The lowest BCUT2D eigenvalue weighted by molar-refractivity contribution is -0.138. The van der Waals surface area contributed by atoms with Gasteiger partial charge in [-0.2, -0.15) is 0 Å². The first-order chi connectivity index (χ1) is 8.92. The Balaban J connectivity index is 0.000000224. The monoisotopic (exact) mass is 347 g/mol. The topological polar surface area (TPSA) is 38.3 Å². The third-order valence-electron chi connectivity index (χ3n) is 2.74. The van der Waals surface area contributed by atoms with Crippen LogP contribution in [0.2, 0.25) is 0 Å². The summed E-state index contributed by atoms with van der Waals surface area (Å²) >= 11 is 5.38. The van der Waals surface area contributed by atoms with E-state index in [9.17, 15) is 4.79 Å². The Morgan fingerprint density at radius 1 is 1.37 bits per heavy atom. The predicted octanol–water partition coefficient (Wildman–Crippen LogP) is 3.94. The average Bonchev–Trinajstić information content (AvgIpc) is 2.76. The van der Waals surface area contributed by atoms with Crippen LogP contribution in [0.4, 0.5) is 0 Å². The number of piperidine rings is 1. The van der Waals surface area contributed by atoms with Gasteiger partial charge in [-0.1, -0.05) is 0 Å². The summed E-state index contributed by atoms with van der Waals surface area (Å²) in [6.07, 6.45) is 2.60. The van der Waals surface area contributed by atoms with Gasteiger partial charge in [0.25, 0.3) is 6.47 Å². The zero-order valence-electron chi connectivity index (χ0n) is 11.7. The highest BCUT2D eigenvalue weighted by atomic mass is 79.9. The molecule has 0 radical (unpaired) electrons. The Hall–Kier alpha value is -0.390. The van der Waals surface area contributed by atoms with Crippen LogP contribution in [0.25, 0.3) is 0 Å². The zero-order chi connectivity index (χ0) is 14.3. The summed E-state index contributed by atoms with van der Waals surface area (Å²) in [6.45, 7) is 8.28. The van der Waals surface area contributed by atoms with Crippen molar-refractivity contribution in [2.75, 3.05) is 13.1 Å². The van der Waals surface area contributed by atoms with Crippen molar-refractivity contribution in [3.63, 3.8) is 0 Å². The lowest BCUT2D eigenvalue weighted by atomic mass is 9.97. The van der Waals surface area contributed by atoms with E-state index in [1.54, 1.807) is 4.88 Å². The molecule has 1 aliphatic heterocycles. The van der Waals surface area contributed by atoms with E-state index in [1.165, 1.54) is 29.7 Å². The number of carbonyl (C=O) groups excluding carboxylic acids is 1. The van der Waals surface area contributed by atoms with Crippen LogP contribution in [0.5, 0.6) is 0 Å². The highest BCUT2D eigenvalue weighted by Gasteiger charge is 2.16. The number of nitrogens with one attached hydrogen (secondary N) is 1. The molecule has 0 spiro atoms. The van der Waals surface area contributed by atoms with E-state index in [-0.39, 0.29) is 5.60 Å². The van der Waals surface area contributed by atoms with Crippen LogP contribution >= 0.6 is 27.3 Å². The maximum absolute atomic E-state index is 9.60. The Morgan fingerprint density at radius 2 is 2.00 bits per heavy atom. The molecule has 0 unspecified atom stereocenters. The van der Waals surface area contributed by atoms with Gasteiger partial charge < -0.3 is 10.1 Å². The van der Waals surface area contributed by atoms with Gasteiger partial charge in [0.15, 0.2) is 0 Å². The second-order valence-electron chi connectivity index (χ2n) is 5.49. The minimum Gasteiger partial charge on any atom is -0.462 e. The van der Waals surface area contributed by atoms with Crippen molar-refractivity contribution in [3.05, 3.63) is 20.8 Å². The van der Waals surface area contributed by atoms with Crippen molar-refractivity contribution < 1.29 is 9.53 Å². The molecule has 108 valence electrons. The first-order valence-electron chi connectivity index (χ1n) is 6.50. The van der Waals surface area contributed by atoms with Gasteiger partial charge in [0.2, 0.25) is 0 Å². The molecule has 1 aromatic rings. The number of carbonyl (C=O) groups is 1. The lowest BCUT2D eigenvalue weighted by Gasteiger charge is -2.21. The third-order valence-corrected chi connectivity index (χ3v) is 4.52. The molecule has 1 N–H and O–H groups in total.